The second-order valence-corrected chi connectivity index (χ2v) is 10.4. The van der Waals surface area contributed by atoms with Crippen LogP contribution in [0.3, 0.4) is 0 Å². The maximum Gasteiger partial charge on any atom is 0.331 e. The molecule has 0 aliphatic rings. The van der Waals surface area contributed by atoms with E-state index in [0.717, 1.165) is 27.5 Å². The normalized spacial score (nSPS) is 12.4. The largest absolute Gasteiger partial charge is 0.467 e. The van der Waals surface area contributed by atoms with Gasteiger partial charge in [0.2, 0.25) is 0 Å². The zero-order chi connectivity index (χ0) is 29.8. The number of nitrogens with zero attached hydrogens (tertiary/aromatic N) is 2. The molecule has 1 N–H and O–H groups in total. The summed E-state index contributed by atoms with van der Waals surface area (Å²) >= 11 is 0. The molecule has 0 saturated heterocycles. The van der Waals surface area contributed by atoms with Crippen molar-refractivity contribution < 1.29 is 9.53 Å². The van der Waals surface area contributed by atoms with Crippen LogP contribution < -0.4 is 5.56 Å². The van der Waals surface area contributed by atoms with Crippen molar-refractivity contribution in [2.75, 3.05) is 7.11 Å². The fourth-order valence-corrected chi connectivity index (χ4v) is 5.72. The monoisotopic (exact) mass is 565 g/mol. The Bertz CT molecular complexity index is 1910. The summed E-state index contributed by atoms with van der Waals surface area (Å²) in [5.41, 5.74) is 4.73. The van der Waals surface area contributed by atoms with Crippen molar-refractivity contribution in [3.63, 3.8) is 0 Å². The molecule has 0 amide bonds. The average molecular weight is 566 g/mol. The van der Waals surface area contributed by atoms with Gasteiger partial charge in [0.05, 0.1) is 30.0 Å². The predicted molar refractivity (Wildman–Crippen MR) is 171 cm³/mol. The number of carbonyl (C=O) groups is 1. The van der Waals surface area contributed by atoms with Gasteiger partial charge in [-0.2, -0.15) is 0 Å². The van der Waals surface area contributed by atoms with Gasteiger partial charge in [-0.3, -0.25) is 14.9 Å². The third-order valence-corrected chi connectivity index (χ3v) is 7.72. The molecule has 6 nitrogen and oxygen atoms in total. The molecule has 43 heavy (non-hydrogen) atoms. The number of carbonyl (C=O) groups excluding carboxylic acids is 1. The highest BCUT2D eigenvalue weighted by Crippen LogP contribution is 2.36. The van der Waals surface area contributed by atoms with Crippen LogP contribution in [0.1, 0.15) is 33.9 Å². The molecule has 212 valence electrons. The van der Waals surface area contributed by atoms with Crippen molar-refractivity contribution in [1.82, 2.24) is 9.78 Å². The van der Waals surface area contributed by atoms with Crippen molar-refractivity contribution in [1.29, 1.82) is 0 Å². The molecule has 2 atom stereocenters. The second kappa shape index (κ2) is 12.2. The third kappa shape index (κ3) is 5.43. The maximum absolute atomic E-state index is 14.3. The zero-order valence-electron chi connectivity index (χ0n) is 24.0. The average Bonchev–Trinajstić information content (AvgIpc) is 3.36. The molecule has 0 unspecified atom stereocenters. The number of ether oxygens (including phenoxy) is 1. The minimum atomic E-state index is -1.07. The Labute approximate surface area is 249 Å². The summed E-state index contributed by atoms with van der Waals surface area (Å²) in [6.45, 7) is 1.86. The van der Waals surface area contributed by atoms with Crippen LogP contribution >= 0.6 is 0 Å². The lowest BCUT2D eigenvalue weighted by Gasteiger charge is -2.25. The molecule has 0 aliphatic heterocycles. The van der Waals surface area contributed by atoms with Gasteiger partial charge in [0.1, 0.15) is 0 Å². The summed E-state index contributed by atoms with van der Waals surface area (Å²) in [6.07, 6.45) is 0. The number of fused-ring (bicyclic) bond motifs is 1. The number of nitrogens with one attached hydrogen (secondary N) is 1. The van der Waals surface area contributed by atoms with Crippen LogP contribution in [0.25, 0.3) is 16.5 Å². The van der Waals surface area contributed by atoms with Crippen LogP contribution in [-0.2, 0) is 9.53 Å². The summed E-state index contributed by atoms with van der Waals surface area (Å²) in [5, 5.41) is 5.20. The van der Waals surface area contributed by atoms with Crippen LogP contribution in [-0.4, -0.2) is 34.6 Å². The molecule has 0 bridgehead atoms. The quantitative estimate of drug-likeness (QED) is 0.162. The Morgan fingerprint density at radius 1 is 0.744 bits per heavy atom. The Balaban J connectivity index is 1.67. The number of para-hydroxylation sites is 1. The summed E-state index contributed by atoms with van der Waals surface area (Å²) < 4.78 is 6.95. The molecule has 6 aromatic rings. The van der Waals surface area contributed by atoms with Gasteiger partial charge < -0.3 is 4.74 Å². The molecule has 0 spiro atoms. The first-order valence-electron chi connectivity index (χ1n) is 14.2. The summed E-state index contributed by atoms with van der Waals surface area (Å²) in [6, 6.07) is 41.8. The van der Waals surface area contributed by atoms with Crippen LogP contribution in [0.5, 0.6) is 0 Å². The molecule has 0 aliphatic carbocycles. The van der Waals surface area contributed by atoms with Gasteiger partial charge in [-0.05, 0) is 35.4 Å². The fourth-order valence-electron chi connectivity index (χ4n) is 5.72. The van der Waals surface area contributed by atoms with Gasteiger partial charge in [-0.1, -0.05) is 121 Å². The molecule has 6 rings (SSSR count). The fraction of sp³-hybridized carbons (Fsp3) is 0.108. The molecular weight excluding hydrogens is 534 g/mol. The van der Waals surface area contributed by atoms with E-state index in [1.807, 2.05) is 140 Å². The van der Waals surface area contributed by atoms with Gasteiger partial charge in [0.15, 0.2) is 6.04 Å². The smallest absolute Gasteiger partial charge is 0.331 e. The van der Waals surface area contributed by atoms with Crippen LogP contribution in [0.15, 0.2) is 143 Å². The second-order valence-electron chi connectivity index (χ2n) is 10.4. The highest BCUT2D eigenvalue weighted by atomic mass is 16.5. The number of aliphatic imine (C=N–C) groups is 1. The van der Waals surface area contributed by atoms with Crippen LogP contribution in [0.4, 0.5) is 0 Å². The van der Waals surface area contributed by atoms with Gasteiger partial charge in [-0.15, -0.1) is 0 Å². The van der Waals surface area contributed by atoms with Crippen molar-refractivity contribution in [3.05, 3.63) is 172 Å². The molecule has 0 fully saturated rings. The van der Waals surface area contributed by atoms with E-state index in [4.69, 9.17) is 9.73 Å². The minimum absolute atomic E-state index is 0.244. The Morgan fingerprint density at radius 3 is 1.93 bits per heavy atom. The topological polar surface area (TPSA) is 76.4 Å². The van der Waals surface area contributed by atoms with E-state index < -0.39 is 17.9 Å². The molecule has 5 aromatic carbocycles. The first kappa shape index (κ1) is 27.7. The van der Waals surface area contributed by atoms with E-state index in [0.29, 0.717) is 22.7 Å². The Kier molecular flexibility index (Phi) is 7.83. The molecule has 0 radical (unpaired) electrons. The number of methoxy groups -OCH3 is 1. The lowest BCUT2D eigenvalue weighted by molar-refractivity contribution is -0.142. The first-order chi connectivity index (χ1) is 21.1. The molecule has 1 aromatic heterocycles. The Hall–Kier alpha value is -5.49. The van der Waals surface area contributed by atoms with E-state index in [-0.39, 0.29) is 5.56 Å². The van der Waals surface area contributed by atoms with Crippen molar-refractivity contribution in [3.8, 4) is 5.69 Å². The van der Waals surface area contributed by atoms with Crippen LogP contribution in [0, 0.1) is 6.92 Å². The van der Waals surface area contributed by atoms with E-state index in [1.165, 1.54) is 11.8 Å². The molecule has 0 saturated carbocycles. The number of H-pyrrole nitrogens is 1. The summed E-state index contributed by atoms with van der Waals surface area (Å²) in [7, 11) is 1.36. The number of aryl methyl sites for hydroxylation is 1. The van der Waals surface area contributed by atoms with Gasteiger partial charge >= 0.3 is 5.97 Å². The van der Waals surface area contributed by atoms with Gasteiger partial charge in [0.25, 0.3) is 5.56 Å². The number of aromatic amines is 1. The minimum Gasteiger partial charge on any atom is -0.467 e. The molecule has 6 heteroatoms. The standard InChI is InChI=1S/C37H31N3O3/c1-25-32(36(41)40(39-25)29-21-10-5-11-22-29)33(31-24-14-20-26-15-12-13-23-30(26)31)35(37(42)43-2)38-34(27-16-6-3-7-17-27)28-18-8-4-9-19-28/h3-24,33,35,39H,1-2H3/t33-,35+/m1/s1. The first-order valence-corrected chi connectivity index (χ1v) is 14.2. The number of hydrogen-bond acceptors (Lipinski definition) is 4. The van der Waals surface area contributed by atoms with E-state index in [1.54, 1.807) is 0 Å². The molecular formula is C37H31N3O3. The summed E-state index contributed by atoms with van der Waals surface area (Å²) in [4.78, 5) is 33.4. The predicted octanol–water partition coefficient (Wildman–Crippen LogP) is 6.84. The number of hydrogen-bond donors (Lipinski definition) is 1. The highest BCUT2D eigenvalue weighted by Gasteiger charge is 2.37. The maximum atomic E-state index is 14.3. The van der Waals surface area contributed by atoms with Gasteiger partial charge in [0, 0.05) is 16.8 Å². The van der Waals surface area contributed by atoms with Gasteiger partial charge in [-0.25, -0.2) is 9.48 Å². The van der Waals surface area contributed by atoms with E-state index in [9.17, 15) is 9.59 Å². The lowest BCUT2D eigenvalue weighted by Crippen LogP contribution is -2.33. The highest BCUT2D eigenvalue weighted by molar-refractivity contribution is 6.13. The number of esters is 1. The third-order valence-electron chi connectivity index (χ3n) is 7.72. The van der Waals surface area contributed by atoms with E-state index in [2.05, 4.69) is 5.10 Å². The number of rotatable bonds is 8. The number of benzene rings is 5. The molecule has 1 heterocycles. The summed E-state index contributed by atoms with van der Waals surface area (Å²) in [5.74, 6) is -1.29. The lowest BCUT2D eigenvalue weighted by atomic mass is 9.82. The van der Waals surface area contributed by atoms with Crippen molar-refractivity contribution in [2.45, 2.75) is 18.9 Å². The van der Waals surface area contributed by atoms with Crippen molar-refractivity contribution in [2.24, 2.45) is 4.99 Å². The zero-order valence-corrected chi connectivity index (χ0v) is 24.0. The van der Waals surface area contributed by atoms with Crippen molar-refractivity contribution >= 4 is 22.5 Å². The Morgan fingerprint density at radius 2 is 1.30 bits per heavy atom. The van der Waals surface area contributed by atoms with Crippen LogP contribution in [0.2, 0.25) is 0 Å². The van der Waals surface area contributed by atoms with E-state index >= 15 is 0 Å². The SMILES string of the molecule is COC(=O)[C@@H](N=C(c1ccccc1)c1ccccc1)[C@@H](c1c(C)[nH]n(-c2ccccc2)c1=O)c1cccc2ccccc12. The number of aromatic nitrogens is 2.